The standard InChI is InChI=1S/4Na.H4O7P2.2H2O/c;;;;1-8(2,3)7-9(4,5)6;;/h;;;;(H2,1,2,3)(H2,4,5,6);2*1H2/q4*+1;;;/p-4. The number of hydrogen-bond acceptors (Lipinski definition) is 7. The molecule has 0 rings (SSSR count). The van der Waals surface area contributed by atoms with E-state index in [2.05, 4.69) is 4.31 Å². The molecule has 15 heteroatoms. The van der Waals surface area contributed by atoms with Gasteiger partial charge in [0.25, 0.3) is 0 Å². The van der Waals surface area contributed by atoms with Crippen molar-refractivity contribution >= 4 is 15.6 Å². The van der Waals surface area contributed by atoms with Crippen LogP contribution in [0.25, 0.3) is 0 Å². The Labute approximate surface area is 174 Å². The molecule has 0 fully saturated rings. The van der Waals surface area contributed by atoms with Gasteiger partial charge in [-0.3, -0.25) is 0 Å². The maximum atomic E-state index is 9.32. The molecular formula is H4Na4O9P2. The molecule has 0 saturated carbocycles. The summed E-state index contributed by atoms with van der Waals surface area (Å²) in [6, 6.07) is 0. The minimum Gasteiger partial charge on any atom is -0.790 e. The molecule has 0 spiro atoms. The fourth-order valence-corrected chi connectivity index (χ4v) is 1.10. The van der Waals surface area contributed by atoms with Crippen molar-refractivity contribution in [3.63, 3.8) is 0 Å². The molecule has 0 aromatic rings. The molecule has 72 valence electrons. The largest absolute Gasteiger partial charge is 1.00 e. The Morgan fingerprint density at radius 2 is 0.800 bits per heavy atom. The van der Waals surface area contributed by atoms with Crippen LogP contribution in [0.4, 0.5) is 0 Å². The van der Waals surface area contributed by atoms with E-state index in [-0.39, 0.29) is 129 Å². The van der Waals surface area contributed by atoms with E-state index in [4.69, 9.17) is 0 Å². The van der Waals surface area contributed by atoms with Gasteiger partial charge in [-0.15, -0.1) is 0 Å². The zero-order valence-electron chi connectivity index (χ0n) is 8.75. The van der Waals surface area contributed by atoms with Gasteiger partial charge >= 0.3 is 118 Å². The van der Waals surface area contributed by atoms with Crippen LogP contribution in [-0.4, -0.2) is 11.0 Å². The van der Waals surface area contributed by atoms with Crippen molar-refractivity contribution in [2.24, 2.45) is 0 Å². The summed E-state index contributed by atoms with van der Waals surface area (Å²) in [6.07, 6.45) is 0. The summed E-state index contributed by atoms with van der Waals surface area (Å²) in [7, 11) is -11.4. The molecule has 0 aliphatic rings. The first-order valence-electron chi connectivity index (χ1n) is 1.46. The van der Waals surface area contributed by atoms with E-state index < -0.39 is 15.6 Å². The molecule has 0 atom stereocenters. The molecular weight excluding hydrogens is 298 g/mol. The Kier molecular flexibility index (Phi) is 51.8. The van der Waals surface area contributed by atoms with Crippen LogP contribution in [0.3, 0.4) is 0 Å². The number of rotatable bonds is 2. The molecule has 0 saturated heterocycles. The average molecular weight is 302 g/mol. The third-order valence-corrected chi connectivity index (χ3v) is 1.80. The Morgan fingerprint density at radius 3 is 0.800 bits per heavy atom. The van der Waals surface area contributed by atoms with Crippen molar-refractivity contribution in [1.29, 1.82) is 0 Å². The van der Waals surface area contributed by atoms with Gasteiger partial charge in [-0.05, 0) is 0 Å². The first-order valence-corrected chi connectivity index (χ1v) is 4.38. The van der Waals surface area contributed by atoms with Crippen LogP contribution in [0.5, 0.6) is 0 Å². The van der Waals surface area contributed by atoms with Crippen molar-refractivity contribution < 1.29 is 162 Å². The smallest absolute Gasteiger partial charge is 0.790 e. The summed E-state index contributed by atoms with van der Waals surface area (Å²) in [5.74, 6) is 0. The minimum absolute atomic E-state index is 0. The van der Waals surface area contributed by atoms with Gasteiger partial charge in [0.1, 0.15) is 0 Å². The molecule has 0 unspecified atom stereocenters. The molecule has 0 bridgehead atoms. The number of phosphoric acid groups is 2. The van der Waals surface area contributed by atoms with Crippen LogP contribution in [0.2, 0.25) is 0 Å². The van der Waals surface area contributed by atoms with E-state index in [0.717, 1.165) is 0 Å². The van der Waals surface area contributed by atoms with Crippen molar-refractivity contribution in [2.45, 2.75) is 0 Å². The van der Waals surface area contributed by atoms with Gasteiger partial charge < -0.3 is 44.0 Å². The van der Waals surface area contributed by atoms with Gasteiger partial charge in [0, 0.05) is 0 Å². The van der Waals surface area contributed by atoms with Crippen LogP contribution in [-0.2, 0) is 13.4 Å². The van der Waals surface area contributed by atoms with E-state index in [1.54, 1.807) is 0 Å². The van der Waals surface area contributed by atoms with Crippen molar-refractivity contribution in [2.75, 3.05) is 0 Å². The van der Waals surface area contributed by atoms with Gasteiger partial charge in [0.2, 0.25) is 0 Å². The fraction of sp³-hybridized carbons (Fsp3) is 0. The second-order valence-electron chi connectivity index (χ2n) is 0.976. The van der Waals surface area contributed by atoms with E-state index >= 15 is 0 Å². The Morgan fingerprint density at radius 1 is 0.667 bits per heavy atom. The molecule has 0 amide bonds. The van der Waals surface area contributed by atoms with Crippen LogP contribution in [0.1, 0.15) is 0 Å². The minimum atomic E-state index is -5.68. The topological polar surface area (TPSA) is 199 Å². The second-order valence-corrected chi connectivity index (χ2v) is 3.42. The van der Waals surface area contributed by atoms with E-state index in [9.17, 15) is 28.7 Å². The molecule has 0 aromatic heterocycles. The van der Waals surface area contributed by atoms with E-state index in [1.165, 1.54) is 0 Å². The maximum Gasteiger partial charge on any atom is 1.00 e. The predicted molar refractivity (Wildman–Crippen MR) is 23.5 cm³/mol. The van der Waals surface area contributed by atoms with Gasteiger partial charge in [-0.25, -0.2) is 0 Å². The molecule has 4 N–H and O–H groups in total. The molecule has 15 heavy (non-hydrogen) atoms. The third kappa shape index (κ3) is 45.9. The molecule has 0 aromatic carbocycles. The SMILES string of the molecule is O.O.O=P([O-])([O-])OP(=O)([O-])[O-].[Na+].[Na+].[Na+].[Na+]. The normalized spacial score (nSPS) is 8.27. The maximum absolute atomic E-state index is 9.32. The summed E-state index contributed by atoms with van der Waals surface area (Å²) in [5, 5.41) is 0. The summed E-state index contributed by atoms with van der Waals surface area (Å²) in [5.41, 5.74) is 0. The number of hydrogen-bond donors (Lipinski definition) is 0. The van der Waals surface area contributed by atoms with Gasteiger partial charge in [-0.1, -0.05) is 0 Å². The van der Waals surface area contributed by atoms with Crippen molar-refractivity contribution in [3.05, 3.63) is 0 Å². The Balaban J connectivity index is -0.0000000213. The summed E-state index contributed by atoms with van der Waals surface area (Å²) < 4.78 is 21.2. The van der Waals surface area contributed by atoms with Crippen molar-refractivity contribution in [3.8, 4) is 0 Å². The van der Waals surface area contributed by atoms with Crippen molar-refractivity contribution in [1.82, 2.24) is 0 Å². The average Bonchev–Trinajstić information content (AvgIpc) is 1.14. The summed E-state index contributed by atoms with van der Waals surface area (Å²) in [4.78, 5) is 37.3. The first kappa shape index (κ1) is 42.7. The predicted octanol–water partition coefficient (Wildman–Crippen LogP) is -17.0. The molecule has 0 radical (unpaired) electrons. The molecule has 0 aliphatic carbocycles. The zero-order chi connectivity index (χ0) is 7.71. The van der Waals surface area contributed by atoms with Crippen LogP contribution in [0.15, 0.2) is 0 Å². The van der Waals surface area contributed by atoms with E-state index in [0.29, 0.717) is 0 Å². The zero-order valence-corrected chi connectivity index (χ0v) is 18.5. The quantitative estimate of drug-likeness (QED) is 0.356. The fourth-order valence-electron chi connectivity index (χ4n) is 0.122. The second kappa shape index (κ2) is 18.2. The Hall–Kier alpha value is 4.18. The third-order valence-electron chi connectivity index (χ3n) is 0.200. The van der Waals surface area contributed by atoms with Crippen LogP contribution >= 0.6 is 15.6 Å². The molecule has 0 heterocycles. The van der Waals surface area contributed by atoms with Crippen LogP contribution < -0.4 is 138 Å². The van der Waals surface area contributed by atoms with Gasteiger partial charge in [0.15, 0.2) is 0 Å². The summed E-state index contributed by atoms with van der Waals surface area (Å²) >= 11 is 0. The monoisotopic (exact) mass is 302 g/mol. The van der Waals surface area contributed by atoms with E-state index in [1.807, 2.05) is 0 Å². The molecule has 0 aliphatic heterocycles. The van der Waals surface area contributed by atoms with Crippen LogP contribution in [0, 0.1) is 0 Å². The Bertz CT molecular complexity index is 161. The molecule has 9 nitrogen and oxygen atoms in total. The van der Waals surface area contributed by atoms with Gasteiger partial charge in [0.05, 0.1) is 15.6 Å². The van der Waals surface area contributed by atoms with Gasteiger partial charge in [-0.2, -0.15) is 0 Å². The first-order chi connectivity index (χ1) is 3.71. The summed E-state index contributed by atoms with van der Waals surface area (Å²) in [6.45, 7) is 0.